The van der Waals surface area contributed by atoms with Crippen LogP contribution in [-0.2, 0) is 0 Å². The summed E-state index contributed by atoms with van der Waals surface area (Å²) in [6.45, 7) is 3.89. The Morgan fingerprint density at radius 3 is 2.38 bits per heavy atom. The molecule has 0 saturated carbocycles. The molecule has 0 aliphatic heterocycles. The number of anilines is 1. The van der Waals surface area contributed by atoms with E-state index < -0.39 is 5.56 Å². The number of rotatable bonds is 3. The Balaban J connectivity index is 3.02. The van der Waals surface area contributed by atoms with Gasteiger partial charge in [0.05, 0.1) is 7.11 Å². The smallest absolute Gasteiger partial charge is 0.268 e. The molecule has 0 fully saturated rings. The van der Waals surface area contributed by atoms with Crippen LogP contribution in [0.15, 0.2) is 16.9 Å². The maximum atomic E-state index is 12.0. The predicted molar refractivity (Wildman–Crippen MR) is 88.6 cm³/mol. The topological polar surface area (TPSA) is 136 Å². The van der Waals surface area contributed by atoms with Gasteiger partial charge < -0.3 is 20.6 Å². The van der Waals surface area contributed by atoms with Crippen molar-refractivity contribution in [3.63, 3.8) is 0 Å². The minimum absolute atomic E-state index is 0.000417. The number of nitrogens with zero attached hydrogens (tertiary/aromatic N) is 2. The van der Waals surface area contributed by atoms with Crippen LogP contribution >= 0.6 is 0 Å². The van der Waals surface area contributed by atoms with Crippen molar-refractivity contribution in [3.8, 4) is 34.8 Å². The summed E-state index contributed by atoms with van der Waals surface area (Å²) in [6, 6.07) is 6.94. The number of aromatic amines is 1. The van der Waals surface area contributed by atoms with Crippen LogP contribution in [0.5, 0.6) is 11.5 Å². The second-order valence-electron chi connectivity index (χ2n) is 5.49. The van der Waals surface area contributed by atoms with Gasteiger partial charge in [-0.25, -0.2) is 0 Å². The van der Waals surface area contributed by atoms with Gasteiger partial charge in [0.15, 0.2) is 11.5 Å². The Morgan fingerprint density at radius 1 is 1.25 bits per heavy atom. The van der Waals surface area contributed by atoms with Crippen LogP contribution in [0, 0.1) is 22.7 Å². The van der Waals surface area contributed by atoms with Gasteiger partial charge in [-0.15, -0.1) is 0 Å². The molecule has 0 aliphatic rings. The van der Waals surface area contributed by atoms with Gasteiger partial charge in [0, 0.05) is 11.1 Å². The quantitative estimate of drug-likeness (QED) is 0.791. The molecule has 4 N–H and O–H groups in total. The van der Waals surface area contributed by atoms with Crippen LogP contribution in [0.25, 0.3) is 11.1 Å². The molecule has 0 spiro atoms. The lowest BCUT2D eigenvalue weighted by Crippen LogP contribution is -2.16. The van der Waals surface area contributed by atoms with E-state index in [0.717, 1.165) is 5.56 Å². The Kier molecular flexibility index (Phi) is 4.47. The highest BCUT2D eigenvalue weighted by Gasteiger charge is 2.23. The number of aromatic nitrogens is 1. The van der Waals surface area contributed by atoms with Crippen molar-refractivity contribution in [2.75, 3.05) is 12.8 Å². The molecule has 2 rings (SSSR count). The second kappa shape index (κ2) is 6.35. The molecule has 1 aromatic carbocycles. The third-order valence-corrected chi connectivity index (χ3v) is 3.72. The third kappa shape index (κ3) is 2.64. The lowest BCUT2D eigenvalue weighted by molar-refractivity contribution is 0.373. The first-order valence-electron chi connectivity index (χ1n) is 7.12. The summed E-state index contributed by atoms with van der Waals surface area (Å²) in [5.74, 6) is -0.152. The van der Waals surface area contributed by atoms with Crippen LogP contribution in [-0.4, -0.2) is 17.2 Å². The van der Waals surface area contributed by atoms with E-state index in [2.05, 4.69) is 4.98 Å². The largest absolute Gasteiger partial charge is 0.504 e. The number of nitrogen functional groups attached to an aromatic ring is 1. The molecule has 0 amide bonds. The molecule has 0 unspecified atom stereocenters. The second-order valence-corrected chi connectivity index (χ2v) is 5.49. The third-order valence-electron chi connectivity index (χ3n) is 3.72. The number of nitrogens with one attached hydrogen (secondary N) is 1. The molecular formula is C17H16N4O3. The summed E-state index contributed by atoms with van der Waals surface area (Å²) in [5, 5.41) is 29.2. The Hall–Kier alpha value is -3.45. The van der Waals surface area contributed by atoms with Gasteiger partial charge in [-0.1, -0.05) is 13.8 Å². The van der Waals surface area contributed by atoms with Gasteiger partial charge in [0.1, 0.15) is 29.1 Å². The highest BCUT2D eigenvalue weighted by molar-refractivity contribution is 5.85. The van der Waals surface area contributed by atoms with Gasteiger partial charge in [-0.3, -0.25) is 4.79 Å². The lowest BCUT2D eigenvalue weighted by atomic mass is 9.91. The number of pyridine rings is 1. The molecule has 24 heavy (non-hydrogen) atoms. The highest BCUT2D eigenvalue weighted by atomic mass is 16.5. The van der Waals surface area contributed by atoms with Crippen molar-refractivity contribution in [1.82, 2.24) is 4.98 Å². The first kappa shape index (κ1) is 16.9. The molecule has 0 radical (unpaired) electrons. The minimum atomic E-state index is -0.725. The number of hydrogen-bond donors (Lipinski definition) is 3. The van der Waals surface area contributed by atoms with Crippen molar-refractivity contribution >= 4 is 5.82 Å². The Morgan fingerprint density at radius 2 is 1.88 bits per heavy atom. The number of phenols is 1. The van der Waals surface area contributed by atoms with Gasteiger partial charge in [0.25, 0.3) is 5.56 Å². The molecule has 1 aromatic heterocycles. The van der Waals surface area contributed by atoms with Gasteiger partial charge in [-0.2, -0.15) is 10.5 Å². The van der Waals surface area contributed by atoms with Crippen molar-refractivity contribution in [2.24, 2.45) is 0 Å². The average molecular weight is 324 g/mol. The first-order chi connectivity index (χ1) is 11.3. The molecule has 0 aliphatic carbocycles. The molecule has 0 bridgehead atoms. The van der Waals surface area contributed by atoms with Crippen LogP contribution < -0.4 is 16.0 Å². The highest BCUT2D eigenvalue weighted by Crippen LogP contribution is 2.42. The number of H-pyrrole nitrogens is 1. The van der Waals surface area contributed by atoms with E-state index in [0.29, 0.717) is 0 Å². The number of aromatic hydroxyl groups is 1. The summed E-state index contributed by atoms with van der Waals surface area (Å²) in [6.07, 6.45) is 0. The monoisotopic (exact) mass is 324 g/mol. The minimum Gasteiger partial charge on any atom is -0.504 e. The molecule has 0 atom stereocenters. The number of benzene rings is 1. The number of ether oxygens (including phenoxy) is 1. The molecule has 0 saturated heterocycles. The summed E-state index contributed by atoms with van der Waals surface area (Å²) in [7, 11) is 1.39. The summed E-state index contributed by atoms with van der Waals surface area (Å²) in [4.78, 5) is 14.3. The molecular weight excluding hydrogens is 308 g/mol. The van der Waals surface area contributed by atoms with Crippen molar-refractivity contribution in [1.29, 1.82) is 10.5 Å². The fourth-order valence-corrected chi connectivity index (χ4v) is 2.42. The summed E-state index contributed by atoms with van der Waals surface area (Å²) < 4.78 is 5.17. The zero-order valence-electron chi connectivity index (χ0n) is 13.5. The number of methoxy groups -OCH3 is 1. The number of phenolic OH excluding ortho intramolecular Hbond substituents is 1. The van der Waals surface area contributed by atoms with Crippen molar-refractivity contribution in [2.45, 2.75) is 19.8 Å². The van der Waals surface area contributed by atoms with E-state index in [1.54, 1.807) is 18.2 Å². The van der Waals surface area contributed by atoms with Crippen LogP contribution in [0.3, 0.4) is 0 Å². The number of nitrogens with two attached hydrogens (primary N) is 1. The van der Waals surface area contributed by atoms with Gasteiger partial charge in [0.2, 0.25) is 0 Å². The van der Waals surface area contributed by atoms with E-state index >= 15 is 0 Å². The average Bonchev–Trinajstić information content (AvgIpc) is 2.54. The molecule has 7 nitrogen and oxygen atoms in total. The maximum Gasteiger partial charge on any atom is 0.268 e. The van der Waals surface area contributed by atoms with E-state index in [9.17, 15) is 20.4 Å². The fourth-order valence-electron chi connectivity index (χ4n) is 2.42. The van der Waals surface area contributed by atoms with Gasteiger partial charge >= 0.3 is 0 Å². The fraction of sp³-hybridized carbons (Fsp3) is 0.235. The SMILES string of the molecule is COc1cc(C(C)C)cc(-c2c(C#N)c(N)[nH]c(=O)c2C#N)c1O. The number of nitriles is 2. The van der Waals surface area contributed by atoms with E-state index in [1.807, 2.05) is 19.9 Å². The number of hydrogen-bond acceptors (Lipinski definition) is 6. The van der Waals surface area contributed by atoms with Crippen LogP contribution in [0.2, 0.25) is 0 Å². The van der Waals surface area contributed by atoms with Crippen molar-refractivity contribution in [3.05, 3.63) is 39.2 Å². The Labute approximate surface area is 138 Å². The van der Waals surface area contributed by atoms with E-state index in [4.69, 9.17) is 10.5 Å². The van der Waals surface area contributed by atoms with Crippen LogP contribution in [0.1, 0.15) is 36.5 Å². The predicted octanol–water partition coefficient (Wildman–Crippen LogP) is 2.21. The summed E-state index contributed by atoms with van der Waals surface area (Å²) >= 11 is 0. The lowest BCUT2D eigenvalue weighted by Gasteiger charge is -2.16. The molecule has 1 heterocycles. The maximum absolute atomic E-state index is 12.0. The first-order valence-corrected chi connectivity index (χ1v) is 7.12. The zero-order chi connectivity index (χ0) is 18.0. The van der Waals surface area contributed by atoms with Crippen molar-refractivity contribution < 1.29 is 9.84 Å². The molecule has 2 aromatic rings. The normalized spacial score (nSPS) is 10.2. The Bertz CT molecular complexity index is 946. The van der Waals surface area contributed by atoms with E-state index in [1.165, 1.54) is 7.11 Å². The van der Waals surface area contributed by atoms with Gasteiger partial charge in [-0.05, 0) is 23.6 Å². The summed E-state index contributed by atoms with van der Waals surface area (Å²) in [5.41, 5.74) is 5.58. The van der Waals surface area contributed by atoms with E-state index in [-0.39, 0.29) is 45.5 Å². The molecule has 122 valence electrons. The van der Waals surface area contributed by atoms with Crippen LogP contribution in [0.4, 0.5) is 5.82 Å². The molecule has 7 heteroatoms. The zero-order valence-corrected chi connectivity index (χ0v) is 13.5. The standard InChI is InChI=1S/C17H16N4O3/c1-8(2)9-4-10(15(22)13(5-9)24-3)14-11(6-18)16(20)21-17(23)12(14)7-19/h4-5,8,22H,1-3H3,(H3,20,21,23).